The zero-order valence-corrected chi connectivity index (χ0v) is 18.6. The standard InChI is InChI=1S/C23H25N7O4/c1-34-15-11-9-14(10-12-15)20-28-21-16-6-2-3-7-17(16)26-22(30(21)29-20)27-18(19(24)31)8-4-5-13-25-23(32)33/h2-3,6-7,9-12,18,25H,4-5,8,13H2,1H3,(H2,24,31)(H,26,27)(H,32,33)/t18-/m0/s1. The van der Waals surface area contributed by atoms with Crippen LogP contribution in [0.3, 0.4) is 0 Å². The Kier molecular flexibility index (Phi) is 6.72. The molecular weight excluding hydrogens is 438 g/mol. The third-order valence-corrected chi connectivity index (χ3v) is 5.37. The Morgan fingerprint density at radius 2 is 1.88 bits per heavy atom. The summed E-state index contributed by atoms with van der Waals surface area (Å²) in [5, 5.41) is 19.6. The average Bonchev–Trinajstić information content (AvgIpc) is 3.29. The van der Waals surface area contributed by atoms with Crippen LogP contribution in [0.5, 0.6) is 5.75 Å². The van der Waals surface area contributed by atoms with E-state index in [0.29, 0.717) is 48.7 Å². The molecule has 11 nitrogen and oxygen atoms in total. The van der Waals surface area contributed by atoms with E-state index in [-0.39, 0.29) is 0 Å². The van der Waals surface area contributed by atoms with E-state index in [1.54, 1.807) is 11.6 Å². The van der Waals surface area contributed by atoms with Gasteiger partial charge in [0.1, 0.15) is 11.8 Å². The molecule has 0 aliphatic heterocycles. The monoisotopic (exact) mass is 463 g/mol. The maximum atomic E-state index is 12.1. The average molecular weight is 463 g/mol. The number of primary amides is 1. The van der Waals surface area contributed by atoms with Crippen LogP contribution >= 0.6 is 0 Å². The van der Waals surface area contributed by atoms with E-state index >= 15 is 0 Å². The summed E-state index contributed by atoms with van der Waals surface area (Å²) in [6.07, 6.45) is 0.494. The minimum atomic E-state index is -1.08. The third-order valence-electron chi connectivity index (χ3n) is 5.37. The molecule has 0 saturated carbocycles. The number of amides is 2. The van der Waals surface area contributed by atoms with Gasteiger partial charge in [0, 0.05) is 17.5 Å². The number of anilines is 1. The lowest BCUT2D eigenvalue weighted by atomic mass is 10.1. The van der Waals surface area contributed by atoms with Gasteiger partial charge >= 0.3 is 6.09 Å². The van der Waals surface area contributed by atoms with Gasteiger partial charge in [0.2, 0.25) is 11.9 Å². The number of hydrogen-bond acceptors (Lipinski definition) is 7. The van der Waals surface area contributed by atoms with E-state index in [4.69, 9.17) is 20.6 Å². The highest BCUT2D eigenvalue weighted by Gasteiger charge is 2.20. The van der Waals surface area contributed by atoms with Crippen LogP contribution < -0.4 is 21.1 Å². The molecule has 2 aromatic carbocycles. The number of carboxylic acid groups (broad SMARTS) is 1. The first-order valence-electron chi connectivity index (χ1n) is 10.8. The van der Waals surface area contributed by atoms with Crippen LogP contribution in [-0.4, -0.2) is 56.4 Å². The maximum absolute atomic E-state index is 12.1. The number of nitrogens with zero attached hydrogens (tertiary/aromatic N) is 4. The summed E-state index contributed by atoms with van der Waals surface area (Å²) in [4.78, 5) is 32.1. The number of carbonyl (C=O) groups is 2. The number of ether oxygens (including phenoxy) is 1. The fourth-order valence-electron chi connectivity index (χ4n) is 3.62. The SMILES string of the molecule is COc1ccc(-c2nc3c4ccccc4nc(N[C@@H](CCCCNC(=O)O)C(N)=O)n3n2)cc1. The number of nitrogens with two attached hydrogens (primary N) is 1. The molecule has 11 heteroatoms. The molecule has 0 aliphatic carbocycles. The number of aromatic nitrogens is 4. The highest BCUT2D eigenvalue weighted by Crippen LogP contribution is 2.25. The number of fused-ring (bicyclic) bond motifs is 3. The van der Waals surface area contributed by atoms with E-state index in [1.165, 1.54) is 0 Å². The minimum absolute atomic E-state index is 0.299. The van der Waals surface area contributed by atoms with Gasteiger partial charge in [-0.3, -0.25) is 4.79 Å². The van der Waals surface area contributed by atoms with E-state index in [1.807, 2.05) is 48.5 Å². The lowest BCUT2D eigenvalue weighted by Crippen LogP contribution is -2.36. The Hall–Kier alpha value is -4.41. The molecule has 34 heavy (non-hydrogen) atoms. The number of benzene rings is 2. The van der Waals surface area contributed by atoms with Crippen LogP contribution in [0.25, 0.3) is 27.9 Å². The number of carbonyl (C=O) groups excluding carboxylic acids is 1. The van der Waals surface area contributed by atoms with Crippen LogP contribution in [-0.2, 0) is 4.79 Å². The number of methoxy groups -OCH3 is 1. The predicted octanol–water partition coefficient (Wildman–Crippen LogP) is 2.66. The van der Waals surface area contributed by atoms with Crippen molar-refractivity contribution in [1.29, 1.82) is 0 Å². The summed E-state index contributed by atoms with van der Waals surface area (Å²) in [6, 6.07) is 14.2. The molecule has 5 N–H and O–H groups in total. The normalized spacial score (nSPS) is 11.9. The Morgan fingerprint density at radius 3 is 2.59 bits per heavy atom. The van der Waals surface area contributed by atoms with Gasteiger partial charge in [-0.1, -0.05) is 12.1 Å². The van der Waals surface area contributed by atoms with Crippen LogP contribution in [0.1, 0.15) is 19.3 Å². The Labute approximate surface area is 195 Å². The Morgan fingerprint density at radius 1 is 1.12 bits per heavy atom. The second-order valence-electron chi connectivity index (χ2n) is 7.68. The van der Waals surface area contributed by atoms with Crippen LogP contribution in [0.15, 0.2) is 48.5 Å². The molecule has 4 rings (SSSR count). The van der Waals surface area contributed by atoms with Crippen molar-refractivity contribution in [1.82, 2.24) is 24.9 Å². The summed E-state index contributed by atoms with van der Waals surface area (Å²) in [5.41, 5.74) is 7.72. The number of hydrogen-bond donors (Lipinski definition) is 4. The third kappa shape index (κ3) is 4.98. The molecule has 2 heterocycles. The second kappa shape index (κ2) is 10.0. The highest BCUT2D eigenvalue weighted by molar-refractivity contribution is 5.93. The molecule has 0 fully saturated rings. The van der Waals surface area contributed by atoms with Gasteiger partial charge in [0.25, 0.3) is 0 Å². The van der Waals surface area contributed by atoms with Gasteiger partial charge in [0.05, 0.1) is 12.6 Å². The zero-order chi connectivity index (χ0) is 24.1. The van der Waals surface area contributed by atoms with Crippen molar-refractivity contribution in [2.45, 2.75) is 25.3 Å². The van der Waals surface area contributed by atoms with Gasteiger partial charge in [0.15, 0.2) is 11.5 Å². The Balaban J connectivity index is 1.66. The molecule has 0 aliphatic rings. The Bertz CT molecular complexity index is 1320. The summed E-state index contributed by atoms with van der Waals surface area (Å²) in [6.45, 7) is 0.299. The highest BCUT2D eigenvalue weighted by atomic mass is 16.5. The van der Waals surface area contributed by atoms with Crippen molar-refractivity contribution in [3.8, 4) is 17.1 Å². The van der Waals surface area contributed by atoms with Crippen LogP contribution in [0, 0.1) is 0 Å². The molecule has 2 aromatic heterocycles. The number of para-hydroxylation sites is 1. The van der Waals surface area contributed by atoms with Crippen molar-refractivity contribution in [2.24, 2.45) is 5.73 Å². The lowest BCUT2D eigenvalue weighted by molar-refractivity contribution is -0.118. The summed E-state index contributed by atoms with van der Waals surface area (Å²) >= 11 is 0. The topological polar surface area (TPSA) is 157 Å². The van der Waals surface area contributed by atoms with Gasteiger partial charge in [-0.15, -0.1) is 5.10 Å². The van der Waals surface area contributed by atoms with Gasteiger partial charge in [-0.2, -0.15) is 4.52 Å². The zero-order valence-electron chi connectivity index (χ0n) is 18.6. The molecule has 2 amide bonds. The fraction of sp³-hybridized carbons (Fsp3) is 0.261. The van der Waals surface area contributed by atoms with Crippen LogP contribution in [0.4, 0.5) is 10.7 Å². The maximum Gasteiger partial charge on any atom is 0.404 e. The van der Waals surface area contributed by atoms with Gasteiger partial charge in [-0.25, -0.2) is 14.8 Å². The summed E-state index contributed by atoms with van der Waals surface area (Å²) in [5.74, 6) is 1.03. The number of rotatable bonds is 10. The smallest absolute Gasteiger partial charge is 0.404 e. The van der Waals surface area contributed by atoms with Crippen molar-refractivity contribution < 1.29 is 19.4 Å². The molecule has 0 unspecified atom stereocenters. The first-order valence-corrected chi connectivity index (χ1v) is 10.8. The van der Waals surface area contributed by atoms with Crippen molar-refractivity contribution >= 4 is 34.5 Å². The quantitative estimate of drug-likeness (QED) is 0.261. The van der Waals surface area contributed by atoms with Crippen molar-refractivity contribution in [3.63, 3.8) is 0 Å². The molecule has 0 saturated heterocycles. The molecule has 0 bridgehead atoms. The van der Waals surface area contributed by atoms with Gasteiger partial charge in [-0.05, 0) is 55.7 Å². The number of unbranched alkanes of at least 4 members (excludes halogenated alkanes) is 1. The van der Waals surface area contributed by atoms with Crippen LogP contribution in [0.2, 0.25) is 0 Å². The first-order chi connectivity index (χ1) is 16.5. The molecule has 0 spiro atoms. The summed E-state index contributed by atoms with van der Waals surface area (Å²) < 4.78 is 6.80. The molecule has 4 aromatic rings. The minimum Gasteiger partial charge on any atom is -0.497 e. The van der Waals surface area contributed by atoms with E-state index in [2.05, 4.69) is 20.7 Å². The largest absolute Gasteiger partial charge is 0.497 e. The van der Waals surface area contributed by atoms with E-state index < -0.39 is 18.0 Å². The molecule has 0 radical (unpaired) electrons. The van der Waals surface area contributed by atoms with E-state index in [0.717, 1.165) is 16.7 Å². The fourth-order valence-corrected chi connectivity index (χ4v) is 3.62. The number of nitrogens with one attached hydrogen (secondary N) is 2. The second-order valence-corrected chi connectivity index (χ2v) is 7.68. The first kappa shape index (κ1) is 22.8. The van der Waals surface area contributed by atoms with Crippen molar-refractivity contribution in [3.05, 3.63) is 48.5 Å². The molecule has 1 atom stereocenters. The molecular formula is C23H25N7O4. The lowest BCUT2D eigenvalue weighted by Gasteiger charge is -2.17. The van der Waals surface area contributed by atoms with Crippen molar-refractivity contribution in [2.75, 3.05) is 19.0 Å². The predicted molar refractivity (Wildman–Crippen MR) is 127 cm³/mol. The van der Waals surface area contributed by atoms with Gasteiger partial charge < -0.3 is 26.2 Å². The molecule has 176 valence electrons. The summed E-state index contributed by atoms with van der Waals surface area (Å²) in [7, 11) is 1.60. The van der Waals surface area contributed by atoms with E-state index in [9.17, 15) is 9.59 Å².